The molecule has 2 aromatic rings. The molecule has 1 aliphatic heterocycles. The molecule has 2 aliphatic rings. The SMILES string of the molecule is CCOC(=O)N1CCN(C(=O)COC(=O)c2nn(-c3ccc(F)cc3)c3c2CCCC3)CC1. The predicted octanol–water partition coefficient (Wildman–Crippen LogP) is 2.35. The summed E-state index contributed by atoms with van der Waals surface area (Å²) in [6.07, 6.45) is 2.98. The van der Waals surface area contributed by atoms with Gasteiger partial charge >= 0.3 is 12.1 Å². The van der Waals surface area contributed by atoms with Crippen LogP contribution in [0.1, 0.15) is 41.5 Å². The van der Waals surface area contributed by atoms with Crippen LogP contribution in [0.5, 0.6) is 0 Å². The molecule has 2 amide bonds. The lowest BCUT2D eigenvalue weighted by Crippen LogP contribution is -2.51. The van der Waals surface area contributed by atoms with Crippen LogP contribution in [0.15, 0.2) is 24.3 Å². The zero-order valence-corrected chi connectivity index (χ0v) is 18.6. The number of rotatable bonds is 5. The first-order chi connectivity index (χ1) is 16.0. The highest BCUT2D eigenvalue weighted by atomic mass is 19.1. The summed E-state index contributed by atoms with van der Waals surface area (Å²) in [6, 6.07) is 5.94. The number of aromatic nitrogens is 2. The molecule has 4 rings (SSSR count). The average molecular weight is 458 g/mol. The molecule has 1 aromatic heterocycles. The third kappa shape index (κ3) is 4.99. The Hall–Kier alpha value is -3.43. The third-order valence-corrected chi connectivity index (χ3v) is 5.93. The van der Waals surface area contributed by atoms with Crippen LogP contribution in [0.25, 0.3) is 5.69 Å². The van der Waals surface area contributed by atoms with Gasteiger partial charge in [0.2, 0.25) is 0 Å². The Morgan fingerprint density at radius 3 is 2.33 bits per heavy atom. The summed E-state index contributed by atoms with van der Waals surface area (Å²) in [6.45, 7) is 3.09. The fraction of sp³-hybridized carbons (Fsp3) is 0.478. The van der Waals surface area contributed by atoms with Gasteiger partial charge < -0.3 is 19.3 Å². The number of carbonyl (C=O) groups is 3. The van der Waals surface area contributed by atoms with Gasteiger partial charge in [-0.1, -0.05) is 0 Å². The fourth-order valence-corrected chi connectivity index (χ4v) is 4.20. The second-order valence-electron chi connectivity index (χ2n) is 8.01. The van der Waals surface area contributed by atoms with Gasteiger partial charge in [0, 0.05) is 37.4 Å². The van der Waals surface area contributed by atoms with Crippen LogP contribution in [-0.2, 0) is 27.1 Å². The van der Waals surface area contributed by atoms with E-state index in [4.69, 9.17) is 9.47 Å². The lowest BCUT2D eigenvalue weighted by atomic mass is 9.95. The Morgan fingerprint density at radius 1 is 0.970 bits per heavy atom. The standard InChI is InChI=1S/C23H27FN4O5/c1-2-32-23(31)27-13-11-26(12-14-27)20(29)15-33-22(30)21-18-5-3-4-6-19(18)28(25-21)17-9-7-16(24)8-10-17/h7-10H,2-6,11-15H2,1H3. The third-order valence-electron chi connectivity index (χ3n) is 5.93. The highest BCUT2D eigenvalue weighted by molar-refractivity contribution is 5.91. The molecule has 1 aromatic carbocycles. The molecule has 0 spiro atoms. The van der Waals surface area contributed by atoms with E-state index in [1.54, 1.807) is 33.5 Å². The largest absolute Gasteiger partial charge is 0.451 e. The van der Waals surface area contributed by atoms with Crippen LogP contribution < -0.4 is 0 Å². The van der Waals surface area contributed by atoms with Crippen molar-refractivity contribution in [2.45, 2.75) is 32.6 Å². The number of carbonyl (C=O) groups excluding carboxylic acids is 3. The Morgan fingerprint density at radius 2 is 1.64 bits per heavy atom. The maximum Gasteiger partial charge on any atom is 0.409 e. The number of piperazine rings is 1. The zero-order valence-electron chi connectivity index (χ0n) is 18.6. The summed E-state index contributed by atoms with van der Waals surface area (Å²) < 4.78 is 25.3. The first-order valence-corrected chi connectivity index (χ1v) is 11.2. The van der Waals surface area contributed by atoms with Crippen molar-refractivity contribution >= 4 is 18.0 Å². The molecule has 0 unspecified atom stereocenters. The van der Waals surface area contributed by atoms with Crippen molar-refractivity contribution in [3.05, 3.63) is 47.0 Å². The van der Waals surface area contributed by atoms with E-state index < -0.39 is 18.7 Å². The van der Waals surface area contributed by atoms with Crippen LogP contribution in [0.2, 0.25) is 0 Å². The summed E-state index contributed by atoms with van der Waals surface area (Å²) in [5.41, 5.74) is 2.62. The van der Waals surface area contributed by atoms with Crippen molar-refractivity contribution in [1.82, 2.24) is 19.6 Å². The molecule has 0 radical (unpaired) electrons. The summed E-state index contributed by atoms with van der Waals surface area (Å²) in [4.78, 5) is 40.3. The number of halogens is 1. The molecule has 33 heavy (non-hydrogen) atoms. The summed E-state index contributed by atoms with van der Waals surface area (Å²) in [5.74, 6) is -1.31. The van der Waals surface area contributed by atoms with Gasteiger partial charge in [-0.05, 0) is 56.9 Å². The number of hydrogen-bond acceptors (Lipinski definition) is 6. The van der Waals surface area contributed by atoms with Gasteiger partial charge in [-0.3, -0.25) is 4.79 Å². The van der Waals surface area contributed by atoms with Crippen molar-refractivity contribution < 1.29 is 28.2 Å². The average Bonchev–Trinajstić information content (AvgIpc) is 3.23. The number of hydrogen-bond donors (Lipinski definition) is 0. The Balaban J connectivity index is 1.39. The molecular formula is C23H27FN4O5. The highest BCUT2D eigenvalue weighted by Gasteiger charge is 2.29. The van der Waals surface area contributed by atoms with Crippen LogP contribution in [-0.4, -0.2) is 76.9 Å². The molecule has 1 saturated heterocycles. The van der Waals surface area contributed by atoms with Crippen molar-refractivity contribution in [3.63, 3.8) is 0 Å². The van der Waals surface area contributed by atoms with Gasteiger partial charge in [0.25, 0.3) is 5.91 Å². The summed E-state index contributed by atoms with van der Waals surface area (Å²) >= 11 is 0. The van der Waals surface area contributed by atoms with E-state index in [2.05, 4.69) is 5.10 Å². The van der Waals surface area contributed by atoms with E-state index in [1.807, 2.05) is 0 Å². The minimum atomic E-state index is -0.646. The molecule has 1 fully saturated rings. The number of esters is 1. The van der Waals surface area contributed by atoms with Gasteiger partial charge in [0.15, 0.2) is 12.3 Å². The van der Waals surface area contributed by atoms with Crippen molar-refractivity contribution in [2.24, 2.45) is 0 Å². The van der Waals surface area contributed by atoms with E-state index in [9.17, 15) is 18.8 Å². The van der Waals surface area contributed by atoms with Gasteiger partial charge in [-0.25, -0.2) is 18.7 Å². The topological polar surface area (TPSA) is 94.0 Å². The maximum atomic E-state index is 13.3. The van der Waals surface area contributed by atoms with Gasteiger partial charge in [-0.2, -0.15) is 5.10 Å². The molecule has 9 nitrogen and oxygen atoms in total. The summed E-state index contributed by atoms with van der Waals surface area (Å²) in [5, 5.41) is 4.47. The van der Waals surface area contributed by atoms with Crippen molar-refractivity contribution in [3.8, 4) is 5.69 Å². The molecule has 0 saturated carbocycles. The molecule has 0 atom stereocenters. The van der Waals surface area contributed by atoms with Gasteiger partial charge in [-0.15, -0.1) is 0 Å². The molecule has 0 bridgehead atoms. The van der Waals surface area contributed by atoms with Crippen LogP contribution in [0.3, 0.4) is 0 Å². The fourth-order valence-electron chi connectivity index (χ4n) is 4.20. The first kappa shape index (κ1) is 22.8. The minimum Gasteiger partial charge on any atom is -0.451 e. The molecule has 1 aliphatic carbocycles. The Labute approximate surface area is 191 Å². The van der Waals surface area contributed by atoms with Crippen LogP contribution in [0.4, 0.5) is 9.18 Å². The van der Waals surface area contributed by atoms with Crippen molar-refractivity contribution in [1.29, 1.82) is 0 Å². The zero-order chi connectivity index (χ0) is 23.4. The molecule has 0 N–H and O–H groups in total. The highest BCUT2D eigenvalue weighted by Crippen LogP contribution is 2.27. The first-order valence-electron chi connectivity index (χ1n) is 11.2. The number of nitrogens with zero attached hydrogens (tertiary/aromatic N) is 4. The Bertz CT molecular complexity index is 1030. The predicted molar refractivity (Wildman–Crippen MR) is 116 cm³/mol. The maximum absolute atomic E-state index is 13.3. The second-order valence-corrected chi connectivity index (χ2v) is 8.01. The normalized spacial score (nSPS) is 15.7. The minimum absolute atomic E-state index is 0.203. The smallest absolute Gasteiger partial charge is 0.409 e. The quantitative estimate of drug-likeness (QED) is 0.639. The Kier molecular flexibility index (Phi) is 6.90. The van der Waals surface area contributed by atoms with Crippen LogP contribution in [0, 0.1) is 5.82 Å². The number of amides is 2. The van der Waals surface area contributed by atoms with Gasteiger partial charge in [0.1, 0.15) is 5.82 Å². The van der Waals surface area contributed by atoms with E-state index in [0.29, 0.717) is 44.9 Å². The molecule has 176 valence electrons. The lowest BCUT2D eigenvalue weighted by Gasteiger charge is -2.33. The van der Waals surface area contributed by atoms with E-state index in [1.165, 1.54) is 12.1 Å². The monoisotopic (exact) mass is 458 g/mol. The second kappa shape index (κ2) is 10.0. The molecular weight excluding hydrogens is 431 g/mol. The molecule has 2 heterocycles. The van der Waals surface area contributed by atoms with E-state index in [0.717, 1.165) is 30.5 Å². The summed E-state index contributed by atoms with van der Waals surface area (Å²) in [7, 11) is 0. The van der Waals surface area contributed by atoms with E-state index >= 15 is 0 Å². The van der Waals surface area contributed by atoms with Crippen molar-refractivity contribution in [2.75, 3.05) is 39.4 Å². The molecule has 10 heteroatoms. The number of fused-ring (bicyclic) bond motifs is 1. The number of ether oxygens (including phenoxy) is 2. The lowest BCUT2D eigenvalue weighted by molar-refractivity contribution is -0.136. The van der Waals surface area contributed by atoms with Crippen LogP contribution >= 0.6 is 0 Å². The van der Waals surface area contributed by atoms with Gasteiger partial charge in [0.05, 0.1) is 12.3 Å². The van der Waals surface area contributed by atoms with E-state index in [-0.39, 0.29) is 17.4 Å². The number of benzene rings is 1.